The van der Waals surface area contributed by atoms with E-state index >= 15 is 0 Å². The first-order valence-electron chi connectivity index (χ1n) is 2.32. The van der Waals surface area contributed by atoms with Crippen molar-refractivity contribution in [1.82, 2.24) is 5.43 Å². The third-order valence-electron chi connectivity index (χ3n) is 0.742. The predicted octanol–water partition coefficient (Wildman–Crippen LogP) is -0.849. The van der Waals surface area contributed by atoms with Gasteiger partial charge in [0.05, 0.1) is 0 Å². The Balaban J connectivity index is 3.83. The second-order valence-corrected chi connectivity index (χ2v) is 1.82. The largest absolute Gasteiger partial charge is 0.480 e. The molecule has 10 heavy (non-hydrogen) atoms. The minimum absolute atomic E-state index is 0.115. The maximum atomic E-state index is 10.1. The van der Waals surface area contributed by atoms with Gasteiger partial charge in [-0.15, -0.1) is 5.43 Å². The Morgan fingerprint density at radius 2 is 2.40 bits per heavy atom. The quantitative estimate of drug-likeness (QED) is 0.287. The molecule has 0 aromatic carbocycles. The van der Waals surface area contributed by atoms with Crippen LogP contribution >= 0.6 is 12.6 Å². The van der Waals surface area contributed by atoms with Gasteiger partial charge in [-0.1, -0.05) is 0 Å². The zero-order valence-electron chi connectivity index (χ0n) is 4.85. The first-order valence-corrected chi connectivity index (χ1v) is 2.95. The summed E-state index contributed by atoms with van der Waals surface area (Å²) in [5.41, 5.74) is 1.58. The number of nitrogens with zero attached hydrogens (tertiary/aromatic N) is 1. The molecule has 0 unspecified atom stereocenters. The number of hydrazine groups is 1. The number of nitrogens with one attached hydrogen (secondary N) is 1. The number of carboxylic acid groups (broad SMARTS) is 1. The average molecular weight is 166 g/mol. The van der Waals surface area contributed by atoms with Crippen LogP contribution in [0.15, 0.2) is 0 Å². The average Bonchev–Trinajstić information content (AvgIpc) is 1.81. The maximum absolute atomic E-state index is 10.1. The van der Waals surface area contributed by atoms with E-state index in [0.29, 0.717) is 0 Å². The van der Waals surface area contributed by atoms with Gasteiger partial charge in [0.2, 0.25) is 0 Å². The molecule has 6 nitrogen and oxygen atoms in total. The smallest absolute Gasteiger partial charge is 0.332 e. The molecule has 0 amide bonds. The first-order chi connectivity index (χ1) is 4.57. The van der Waals surface area contributed by atoms with Crippen molar-refractivity contribution >= 4 is 18.6 Å². The Kier molecular flexibility index (Phi) is 3.55. The van der Waals surface area contributed by atoms with E-state index in [-0.39, 0.29) is 5.75 Å². The van der Waals surface area contributed by atoms with Crippen LogP contribution in [0.1, 0.15) is 0 Å². The van der Waals surface area contributed by atoms with E-state index in [2.05, 4.69) is 12.6 Å². The van der Waals surface area contributed by atoms with Crippen LogP contribution in [0, 0.1) is 10.1 Å². The van der Waals surface area contributed by atoms with Crippen LogP contribution in [0.25, 0.3) is 0 Å². The van der Waals surface area contributed by atoms with Crippen molar-refractivity contribution in [1.29, 1.82) is 0 Å². The fourth-order valence-electron chi connectivity index (χ4n) is 0.301. The fourth-order valence-corrected chi connectivity index (χ4v) is 0.539. The summed E-state index contributed by atoms with van der Waals surface area (Å²) in [6.07, 6.45) is 0. The molecule has 0 radical (unpaired) electrons. The summed E-state index contributed by atoms with van der Waals surface area (Å²) in [7, 11) is 0. The van der Waals surface area contributed by atoms with Crippen LogP contribution in [0.3, 0.4) is 0 Å². The van der Waals surface area contributed by atoms with Crippen LogP contribution < -0.4 is 5.43 Å². The molecule has 0 bridgehead atoms. The molecule has 58 valence electrons. The fraction of sp³-hybridized carbons (Fsp3) is 0.667. The predicted molar refractivity (Wildman–Crippen MR) is 35.4 cm³/mol. The summed E-state index contributed by atoms with van der Waals surface area (Å²) in [6, 6.07) is -1.22. The normalized spacial score (nSPS) is 12.1. The molecule has 0 aliphatic rings. The SMILES string of the molecule is O=C(O)[C@H](CS)N[N+](=O)[O-]. The van der Waals surface area contributed by atoms with Gasteiger partial charge in [0.25, 0.3) is 0 Å². The van der Waals surface area contributed by atoms with Crippen molar-refractivity contribution in [3.05, 3.63) is 10.1 Å². The number of nitro groups is 1. The molecule has 0 rings (SSSR count). The number of thiol groups is 1. The molecular formula is C3H6N2O4S. The standard InChI is InChI=1S/C3H6N2O4S/c6-3(7)2(1-10)4-5(8)9/h2,4,10H,1H2,(H,6,7)/t2-/m0/s1. The summed E-state index contributed by atoms with van der Waals surface area (Å²) in [5, 5.41) is 17.0. The van der Waals surface area contributed by atoms with Gasteiger partial charge in [0, 0.05) is 5.75 Å². The molecule has 0 saturated heterocycles. The molecule has 0 heterocycles. The zero-order valence-corrected chi connectivity index (χ0v) is 5.75. The monoisotopic (exact) mass is 166 g/mol. The van der Waals surface area contributed by atoms with Crippen molar-refractivity contribution < 1.29 is 14.9 Å². The van der Waals surface area contributed by atoms with Crippen molar-refractivity contribution in [3.8, 4) is 0 Å². The van der Waals surface area contributed by atoms with Crippen molar-refractivity contribution in [2.75, 3.05) is 5.75 Å². The summed E-state index contributed by atoms with van der Waals surface area (Å²) in [4.78, 5) is 19.7. The Labute approximate surface area is 61.8 Å². The van der Waals surface area contributed by atoms with E-state index in [4.69, 9.17) is 5.11 Å². The van der Waals surface area contributed by atoms with Crippen LogP contribution in [-0.4, -0.2) is 27.9 Å². The minimum atomic E-state index is -1.29. The van der Waals surface area contributed by atoms with Gasteiger partial charge in [-0.05, 0) is 0 Å². The maximum Gasteiger partial charge on any atom is 0.332 e. The number of hydrogen-bond acceptors (Lipinski definition) is 4. The summed E-state index contributed by atoms with van der Waals surface area (Å²) in [6.45, 7) is 0. The molecule has 0 saturated carbocycles. The van der Waals surface area contributed by atoms with E-state index in [1.165, 1.54) is 0 Å². The summed E-state index contributed by atoms with van der Waals surface area (Å²) < 4.78 is 0. The van der Waals surface area contributed by atoms with Gasteiger partial charge in [0.15, 0.2) is 11.1 Å². The minimum Gasteiger partial charge on any atom is -0.480 e. The highest BCUT2D eigenvalue weighted by Gasteiger charge is 2.19. The second-order valence-electron chi connectivity index (χ2n) is 1.46. The van der Waals surface area contributed by atoms with Crippen LogP contribution in [0.2, 0.25) is 0 Å². The van der Waals surface area contributed by atoms with E-state index in [0.717, 1.165) is 0 Å². The lowest BCUT2D eigenvalue weighted by Crippen LogP contribution is -2.41. The number of hydrogen-bond donors (Lipinski definition) is 3. The van der Waals surface area contributed by atoms with Crippen molar-refractivity contribution in [2.45, 2.75) is 6.04 Å². The van der Waals surface area contributed by atoms with Gasteiger partial charge >= 0.3 is 5.97 Å². The third-order valence-corrected chi connectivity index (χ3v) is 1.11. The number of carbonyl (C=O) groups is 1. The first kappa shape index (κ1) is 9.02. The number of aliphatic carboxylic acids is 1. The van der Waals surface area contributed by atoms with E-state index in [9.17, 15) is 14.9 Å². The zero-order chi connectivity index (χ0) is 8.15. The lowest BCUT2D eigenvalue weighted by atomic mass is 10.4. The Morgan fingerprint density at radius 1 is 1.90 bits per heavy atom. The summed E-state index contributed by atoms with van der Waals surface area (Å²) >= 11 is 3.58. The highest BCUT2D eigenvalue weighted by molar-refractivity contribution is 7.80. The van der Waals surface area contributed by atoms with Crippen LogP contribution in [0.5, 0.6) is 0 Å². The molecule has 1 atom stereocenters. The van der Waals surface area contributed by atoms with E-state index < -0.39 is 17.0 Å². The molecule has 0 aromatic heterocycles. The molecular weight excluding hydrogens is 160 g/mol. The second kappa shape index (κ2) is 3.94. The van der Waals surface area contributed by atoms with Crippen molar-refractivity contribution in [2.24, 2.45) is 0 Å². The highest BCUT2D eigenvalue weighted by Crippen LogP contribution is 1.86. The lowest BCUT2D eigenvalue weighted by Gasteiger charge is -2.03. The van der Waals surface area contributed by atoms with Crippen molar-refractivity contribution in [3.63, 3.8) is 0 Å². The molecule has 7 heteroatoms. The van der Waals surface area contributed by atoms with E-state index in [1.54, 1.807) is 5.43 Å². The third kappa shape index (κ3) is 3.13. The lowest BCUT2D eigenvalue weighted by molar-refractivity contribution is -0.547. The summed E-state index contributed by atoms with van der Waals surface area (Å²) in [5.74, 6) is -1.40. The Morgan fingerprint density at radius 3 is 2.50 bits per heavy atom. The molecule has 2 N–H and O–H groups in total. The van der Waals surface area contributed by atoms with Gasteiger partial charge in [-0.3, -0.25) is 0 Å². The van der Waals surface area contributed by atoms with Gasteiger partial charge in [0.1, 0.15) is 0 Å². The molecule has 0 fully saturated rings. The van der Waals surface area contributed by atoms with Gasteiger partial charge < -0.3 is 5.11 Å². The van der Waals surface area contributed by atoms with Gasteiger partial charge in [-0.2, -0.15) is 12.6 Å². The Bertz CT molecular complexity index is 149. The highest BCUT2D eigenvalue weighted by atomic mass is 32.1. The topological polar surface area (TPSA) is 92.5 Å². The molecule has 0 aromatic rings. The molecule has 0 aliphatic heterocycles. The Hall–Kier alpha value is -0.980. The molecule has 0 spiro atoms. The van der Waals surface area contributed by atoms with Gasteiger partial charge in [-0.25, -0.2) is 14.9 Å². The molecule has 0 aliphatic carbocycles. The number of rotatable bonds is 4. The van der Waals surface area contributed by atoms with E-state index in [1.807, 2.05) is 0 Å². The number of carboxylic acids is 1. The van der Waals surface area contributed by atoms with Crippen LogP contribution in [0.4, 0.5) is 0 Å². The van der Waals surface area contributed by atoms with Crippen LogP contribution in [-0.2, 0) is 4.79 Å².